The number of nitrogens with one attached hydrogen (secondary N) is 1. The van der Waals surface area contributed by atoms with Crippen LogP contribution in [-0.4, -0.2) is 31.5 Å². The van der Waals surface area contributed by atoms with Gasteiger partial charge < -0.3 is 19.9 Å². The molecule has 2 N–H and O–H groups in total. The molecule has 0 aromatic heterocycles. The highest BCUT2D eigenvalue weighted by Crippen LogP contribution is 2.31. The lowest BCUT2D eigenvalue weighted by molar-refractivity contribution is -0.0548. The summed E-state index contributed by atoms with van der Waals surface area (Å²) in [5, 5.41) is 11.6. The third-order valence-electron chi connectivity index (χ3n) is 2.46. The fourth-order valence-electron chi connectivity index (χ4n) is 1.64. The molecule has 1 atom stereocenters. The summed E-state index contributed by atoms with van der Waals surface area (Å²) in [7, 11) is 0. The van der Waals surface area contributed by atoms with Crippen molar-refractivity contribution in [2.75, 3.05) is 13.2 Å². The lowest BCUT2D eigenvalue weighted by Crippen LogP contribution is -2.23. The molecule has 0 saturated heterocycles. The van der Waals surface area contributed by atoms with Gasteiger partial charge in [-0.15, -0.1) is 0 Å². The molecule has 0 saturated carbocycles. The van der Waals surface area contributed by atoms with E-state index >= 15 is 0 Å². The van der Waals surface area contributed by atoms with Crippen molar-refractivity contribution in [2.24, 2.45) is 0 Å². The first-order valence-corrected chi connectivity index (χ1v) is 5.82. The molecule has 1 rings (SSSR count). The van der Waals surface area contributed by atoms with E-state index in [9.17, 15) is 17.6 Å². The molecule has 0 spiro atoms. The standard InChI is InChI=1S/C12H15F4NO3/c1-7(17-4-5-18)9-3-2-8(19-11(13)14)6-10(9)20-12(15)16/h2-3,6-7,11-12,17-18H,4-5H2,1H3. The Morgan fingerprint density at radius 3 is 2.35 bits per heavy atom. The number of aliphatic hydroxyl groups is 1. The second-order valence-electron chi connectivity index (χ2n) is 3.86. The van der Waals surface area contributed by atoms with Gasteiger partial charge in [-0.25, -0.2) is 0 Å². The van der Waals surface area contributed by atoms with Crippen molar-refractivity contribution in [3.8, 4) is 11.5 Å². The van der Waals surface area contributed by atoms with E-state index in [1.54, 1.807) is 6.92 Å². The number of ether oxygens (including phenoxy) is 2. The topological polar surface area (TPSA) is 50.7 Å². The van der Waals surface area contributed by atoms with E-state index in [-0.39, 0.29) is 24.7 Å². The molecule has 4 nitrogen and oxygen atoms in total. The summed E-state index contributed by atoms with van der Waals surface area (Å²) in [6, 6.07) is 3.16. The molecule has 0 aliphatic carbocycles. The maximum Gasteiger partial charge on any atom is 0.387 e. The lowest BCUT2D eigenvalue weighted by atomic mass is 10.1. The van der Waals surface area contributed by atoms with Crippen molar-refractivity contribution in [2.45, 2.75) is 26.2 Å². The third kappa shape index (κ3) is 5.22. The summed E-state index contributed by atoms with van der Waals surface area (Å²) in [4.78, 5) is 0. The Labute approximate surface area is 113 Å². The number of alkyl halides is 4. The Hall–Kier alpha value is -1.54. The zero-order chi connectivity index (χ0) is 15.1. The van der Waals surface area contributed by atoms with Crippen LogP contribution in [0, 0.1) is 0 Å². The van der Waals surface area contributed by atoms with Gasteiger partial charge in [0, 0.05) is 24.2 Å². The van der Waals surface area contributed by atoms with Gasteiger partial charge in [-0.05, 0) is 13.0 Å². The van der Waals surface area contributed by atoms with Crippen LogP contribution in [0.3, 0.4) is 0 Å². The highest BCUT2D eigenvalue weighted by molar-refractivity contribution is 5.42. The van der Waals surface area contributed by atoms with Crippen LogP contribution in [-0.2, 0) is 0 Å². The van der Waals surface area contributed by atoms with Crippen LogP contribution in [0.1, 0.15) is 18.5 Å². The van der Waals surface area contributed by atoms with Gasteiger partial charge in [0.15, 0.2) is 0 Å². The molecule has 8 heteroatoms. The molecule has 1 unspecified atom stereocenters. The molecule has 0 heterocycles. The first-order valence-electron chi connectivity index (χ1n) is 5.82. The minimum atomic E-state index is -3.08. The highest BCUT2D eigenvalue weighted by Gasteiger charge is 2.17. The van der Waals surface area contributed by atoms with E-state index in [0.29, 0.717) is 5.56 Å². The van der Waals surface area contributed by atoms with Crippen molar-refractivity contribution in [3.63, 3.8) is 0 Å². The minimum absolute atomic E-state index is 0.123. The van der Waals surface area contributed by atoms with E-state index in [1.165, 1.54) is 12.1 Å². The minimum Gasteiger partial charge on any atom is -0.435 e. The van der Waals surface area contributed by atoms with Crippen LogP contribution in [0.4, 0.5) is 17.6 Å². The summed E-state index contributed by atoms with van der Waals surface area (Å²) < 4.78 is 57.3. The Bertz CT molecular complexity index is 418. The van der Waals surface area contributed by atoms with Crippen molar-refractivity contribution in [3.05, 3.63) is 23.8 Å². The largest absolute Gasteiger partial charge is 0.435 e. The van der Waals surface area contributed by atoms with Gasteiger partial charge in [0.1, 0.15) is 11.5 Å². The van der Waals surface area contributed by atoms with Gasteiger partial charge in [0.2, 0.25) is 0 Å². The number of benzene rings is 1. The predicted molar refractivity (Wildman–Crippen MR) is 63.2 cm³/mol. The van der Waals surface area contributed by atoms with Crippen molar-refractivity contribution in [1.29, 1.82) is 0 Å². The molecular weight excluding hydrogens is 282 g/mol. The van der Waals surface area contributed by atoms with Crippen LogP contribution in [0.25, 0.3) is 0 Å². The van der Waals surface area contributed by atoms with Crippen LogP contribution >= 0.6 is 0 Å². The molecule has 20 heavy (non-hydrogen) atoms. The fraction of sp³-hybridized carbons (Fsp3) is 0.500. The average molecular weight is 297 g/mol. The van der Waals surface area contributed by atoms with Gasteiger partial charge in [-0.1, -0.05) is 6.07 Å². The number of hydrogen-bond acceptors (Lipinski definition) is 4. The quantitative estimate of drug-likeness (QED) is 0.724. The zero-order valence-corrected chi connectivity index (χ0v) is 10.7. The highest BCUT2D eigenvalue weighted by atomic mass is 19.3. The Morgan fingerprint density at radius 2 is 1.80 bits per heavy atom. The monoisotopic (exact) mass is 297 g/mol. The lowest BCUT2D eigenvalue weighted by Gasteiger charge is -2.18. The second kappa shape index (κ2) is 7.91. The molecule has 0 radical (unpaired) electrons. The van der Waals surface area contributed by atoms with Crippen LogP contribution in [0.15, 0.2) is 18.2 Å². The molecule has 1 aromatic rings. The molecule has 0 aliphatic rings. The Balaban J connectivity index is 2.96. The summed E-state index contributed by atoms with van der Waals surface area (Å²) in [6.07, 6.45) is 0. The molecule has 114 valence electrons. The predicted octanol–water partition coefficient (Wildman–Crippen LogP) is 2.53. The van der Waals surface area contributed by atoms with Crippen LogP contribution in [0.2, 0.25) is 0 Å². The molecule has 0 bridgehead atoms. The number of hydrogen-bond donors (Lipinski definition) is 2. The molecule has 1 aromatic carbocycles. The molecule has 0 aliphatic heterocycles. The van der Waals surface area contributed by atoms with Gasteiger partial charge in [-0.3, -0.25) is 0 Å². The number of halogens is 4. The maximum atomic E-state index is 12.3. The first-order chi connectivity index (χ1) is 9.43. The average Bonchev–Trinajstić information content (AvgIpc) is 2.34. The van der Waals surface area contributed by atoms with E-state index in [2.05, 4.69) is 14.8 Å². The van der Waals surface area contributed by atoms with E-state index in [4.69, 9.17) is 5.11 Å². The smallest absolute Gasteiger partial charge is 0.387 e. The molecular formula is C12H15F4NO3. The summed E-state index contributed by atoms with van der Waals surface area (Å²) in [6.45, 7) is -4.34. The molecule has 0 amide bonds. The maximum absolute atomic E-state index is 12.3. The number of rotatable bonds is 8. The van der Waals surface area contributed by atoms with E-state index in [1.807, 2.05) is 0 Å². The van der Waals surface area contributed by atoms with Crippen molar-refractivity contribution >= 4 is 0 Å². The van der Waals surface area contributed by atoms with Gasteiger partial charge in [0.25, 0.3) is 0 Å². The zero-order valence-electron chi connectivity index (χ0n) is 10.7. The normalized spacial score (nSPS) is 12.8. The summed E-state index contributed by atoms with van der Waals surface area (Å²) in [5.41, 5.74) is 0.348. The third-order valence-corrected chi connectivity index (χ3v) is 2.46. The summed E-state index contributed by atoms with van der Waals surface area (Å²) >= 11 is 0. The fourth-order valence-corrected chi connectivity index (χ4v) is 1.64. The van der Waals surface area contributed by atoms with Crippen LogP contribution < -0.4 is 14.8 Å². The van der Waals surface area contributed by atoms with Gasteiger partial charge >= 0.3 is 13.2 Å². The summed E-state index contributed by atoms with van der Waals surface area (Å²) in [5.74, 6) is -0.523. The Morgan fingerprint density at radius 1 is 1.15 bits per heavy atom. The number of aliphatic hydroxyl groups excluding tert-OH is 1. The van der Waals surface area contributed by atoms with E-state index < -0.39 is 19.3 Å². The first kappa shape index (κ1) is 16.5. The van der Waals surface area contributed by atoms with E-state index in [0.717, 1.165) is 6.07 Å². The second-order valence-corrected chi connectivity index (χ2v) is 3.86. The van der Waals surface area contributed by atoms with Crippen LogP contribution in [0.5, 0.6) is 11.5 Å². The molecule has 0 fully saturated rings. The Kier molecular flexibility index (Phi) is 6.53. The van der Waals surface area contributed by atoms with Gasteiger partial charge in [0.05, 0.1) is 6.61 Å². The van der Waals surface area contributed by atoms with Crippen molar-refractivity contribution < 1.29 is 32.1 Å². The van der Waals surface area contributed by atoms with Crippen molar-refractivity contribution in [1.82, 2.24) is 5.32 Å². The SMILES string of the molecule is CC(NCCO)c1ccc(OC(F)F)cc1OC(F)F. The van der Waals surface area contributed by atoms with Gasteiger partial charge in [-0.2, -0.15) is 17.6 Å².